The molecule has 1 heterocycles. The van der Waals surface area contributed by atoms with Crippen LogP contribution in [0.5, 0.6) is 0 Å². The molecule has 1 aromatic heterocycles. The quantitative estimate of drug-likeness (QED) is 0.859. The van der Waals surface area contributed by atoms with E-state index in [1.165, 1.54) is 0 Å². The molecule has 0 saturated carbocycles. The van der Waals surface area contributed by atoms with E-state index in [2.05, 4.69) is 31.4 Å². The number of aromatic carboxylic acids is 1. The largest absolute Gasteiger partial charge is 0.478 e. The standard InChI is InChI=1S/C14H17NO2/c1-8(2)15-10(4)6-11-5-9(3)12(14(16)17)7-13(11)15/h5-8H,1-4H3,(H,16,17). The van der Waals surface area contributed by atoms with Crippen LogP contribution in [0.1, 0.15) is 41.5 Å². The van der Waals surface area contributed by atoms with Crippen molar-refractivity contribution >= 4 is 16.9 Å². The minimum absolute atomic E-state index is 0.330. The van der Waals surface area contributed by atoms with Crippen molar-refractivity contribution in [3.05, 3.63) is 35.0 Å². The summed E-state index contributed by atoms with van der Waals surface area (Å²) >= 11 is 0. The zero-order valence-corrected chi connectivity index (χ0v) is 10.6. The fraction of sp³-hybridized carbons (Fsp3) is 0.357. The highest BCUT2D eigenvalue weighted by Gasteiger charge is 2.13. The second kappa shape index (κ2) is 3.91. The Morgan fingerprint density at radius 2 is 1.88 bits per heavy atom. The molecule has 0 aliphatic heterocycles. The van der Waals surface area contributed by atoms with E-state index in [4.69, 9.17) is 5.11 Å². The number of aromatic nitrogens is 1. The summed E-state index contributed by atoms with van der Waals surface area (Å²) in [6.07, 6.45) is 0. The van der Waals surface area contributed by atoms with Crippen LogP contribution in [0.2, 0.25) is 0 Å². The van der Waals surface area contributed by atoms with Gasteiger partial charge in [-0.1, -0.05) is 0 Å². The molecule has 0 unspecified atom stereocenters. The Hall–Kier alpha value is -1.77. The lowest BCUT2D eigenvalue weighted by Gasteiger charge is -2.13. The molecule has 0 bridgehead atoms. The summed E-state index contributed by atoms with van der Waals surface area (Å²) in [4.78, 5) is 11.1. The van der Waals surface area contributed by atoms with Gasteiger partial charge < -0.3 is 9.67 Å². The molecule has 3 heteroatoms. The van der Waals surface area contributed by atoms with Gasteiger partial charge in [0.05, 0.1) is 5.56 Å². The predicted molar refractivity (Wildman–Crippen MR) is 68.8 cm³/mol. The molecule has 0 aliphatic carbocycles. The molecule has 17 heavy (non-hydrogen) atoms. The van der Waals surface area contributed by atoms with E-state index in [9.17, 15) is 4.79 Å². The van der Waals surface area contributed by atoms with Gasteiger partial charge in [-0.15, -0.1) is 0 Å². The topological polar surface area (TPSA) is 42.2 Å². The third-order valence-corrected chi connectivity index (χ3v) is 3.12. The number of carboxylic acid groups (broad SMARTS) is 1. The maximum absolute atomic E-state index is 11.1. The Labute approximate surface area is 101 Å². The van der Waals surface area contributed by atoms with Gasteiger partial charge in [0.25, 0.3) is 0 Å². The third-order valence-electron chi connectivity index (χ3n) is 3.12. The third kappa shape index (κ3) is 1.82. The maximum Gasteiger partial charge on any atom is 0.336 e. The summed E-state index contributed by atoms with van der Waals surface area (Å²) in [5.41, 5.74) is 3.36. The van der Waals surface area contributed by atoms with Crippen LogP contribution in [0.4, 0.5) is 0 Å². The fourth-order valence-corrected chi connectivity index (χ4v) is 2.44. The van der Waals surface area contributed by atoms with Crippen LogP contribution in [0.15, 0.2) is 18.2 Å². The molecule has 0 saturated heterocycles. The van der Waals surface area contributed by atoms with E-state index in [0.717, 1.165) is 22.2 Å². The monoisotopic (exact) mass is 231 g/mol. The molecule has 0 aliphatic rings. The van der Waals surface area contributed by atoms with Crippen LogP contribution >= 0.6 is 0 Å². The number of rotatable bonds is 2. The number of hydrogen-bond acceptors (Lipinski definition) is 1. The summed E-state index contributed by atoms with van der Waals surface area (Å²) in [6, 6.07) is 6.16. The number of hydrogen-bond donors (Lipinski definition) is 1. The normalized spacial score (nSPS) is 11.4. The molecule has 2 aromatic rings. The van der Waals surface area contributed by atoms with Gasteiger partial charge in [0.1, 0.15) is 0 Å². The molecule has 0 radical (unpaired) electrons. The van der Waals surface area contributed by atoms with Crippen molar-refractivity contribution in [1.29, 1.82) is 0 Å². The molecule has 0 fully saturated rings. The number of fused-ring (bicyclic) bond motifs is 1. The van der Waals surface area contributed by atoms with Crippen LogP contribution in [0, 0.1) is 13.8 Å². The average Bonchev–Trinajstić information content (AvgIpc) is 2.51. The molecule has 1 aromatic carbocycles. The lowest BCUT2D eigenvalue weighted by atomic mass is 10.1. The summed E-state index contributed by atoms with van der Waals surface area (Å²) in [7, 11) is 0. The molecule has 0 spiro atoms. The van der Waals surface area contributed by atoms with Gasteiger partial charge in [0, 0.05) is 22.6 Å². The maximum atomic E-state index is 11.1. The highest BCUT2D eigenvalue weighted by Crippen LogP contribution is 2.26. The number of nitrogens with zero attached hydrogens (tertiary/aromatic N) is 1. The average molecular weight is 231 g/mol. The van der Waals surface area contributed by atoms with Crippen molar-refractivity contribution < 1.29 is 9.90 Å². The number of benzene rings is 1. The smallest absolute Gasteiger partial charge is 0.336 e. The van der Waals surface area contributed by atoms with E-state index >= 15 is 0 Å². The zero-order chi connectivity index (χ0) is 12.7. The van der Waals surface area contributed by atoms with Gasteiger partial charge in [-0.2, -0.15) is 0 Å². The highest BCUT2D eigenvalue weighted by atomic mass is 16.4. The van der Waals surface area contributed by atoms with Crippen molar-refractivity contribution in [2.75, 3.05) is 0 Å². The lowest BCUT2D eigenvalue weighted by Crippen LogP contribution is -2.04. The van der Waals surface area contributed by atoms with Crippen molar-refractivity contribution in [2.45, 2.75) is 33.7 Å². The van der Waals surface area contributed by atoms with Crippen molar-refractivity contribution in [3.63, 3.8) is 0 Å². The molecular formula is C14H17NO2. The molecule has 2 rings (SSSR count). The summed E-state index contributed by atoms with van der Waals surface area (Å²) in [5, 5.41) is 10.3. The number of carboxylic acids is 1. The van der Waals surface area contributed by atoms with Crippen molar-refractivity contribution in [2.24, 2.45) is 0 Å². The van der Waals surface area contributed by atoms with Gasteiger partial charge in [0.2, 0.25) is 0 Å². The Morgan fingerprint density at radius 1 is 1.24 bits per heavy atom. The second-order valence-electron chi connectivity index (χ2n) is 4.78. The predicted octanol–water partition coefficient (Wildman–Crippen LogP) is 3.54. The Morgan fingerprint density at radius 3 is 2.41 bits per heavy atom. The van der Waals surface area contributed by atoms with E-state index in [1.807, 2.05) is 13.0 Å². The van der Waals surface area contributed by atoms with Crippen molar-refractivity contribution in [3.8, 4) is 0 Å². The van der Waals surface area contributed by atoms with Crippen LogP contribution in [0.25, 0.3) is 10.9 Å². The Kier molecular flexibility index (Phi) is 2.69. The first-order valence-corrected chi connectivity index (χ1v) is 5.77. The summed E-state index contributed by atoms with van der Waals surface area (Å²) in [5.74, 6) is -0.862. The van der Waals surface area contributed by atoms with Gasteiger partial charge in [-0.25, -0.2) is 4.79 Å². The molecule has 3 nitrogen and oxygen atoms in total. The van der Waals surface area contributed by atoms with Gasteiger partial charge in [0.15, 0.2) is 0 Å². The molecule has 0 atom stereocenters. The Balaban J connectivity index is 2.81. The Bertz CT molecular complexity index is 594. The van der Waals surface area contributed by atoms with Crippen molar-refractivity contribution in [1.82, 2.24) is 4.57 Å². The minimum atomic E-state index is -0.862. The number of carbonyl (C=O) groups is 1. The summed E-state index contributed by atoms with van der Waals surface area (Å²) in [6.45, 7) is 8.10. The van der Waals surface area contributed by atoms with E-state index < -0.39 is 5.97 Å². The molecule has 90 valence electrons. The number of aryl methyl sites for hydroxylation is 2. The van der Waals surface area contributed by atoms with Gasteiger partial charge in [-0.3, -0.25) is 0 Å². The van der Waals surface area contributed by atoms with E-state index in [-0.39, 0.29) is 0 Å². The van der Waals surface area contributed by atoms with Crippen LogP contribution in [0.3, 0.4) is 0 Å². The van der Waals surface area contributed by atoms with Crippen LogP contribution < -0.4 is 0 Å². The first kappa shape index (κ1) is 11.7. The lowest BCUT2D eigenvalue weighted by molar-refractivity contribution is 0.0696. The zero-order valence-electron chi connectivity index (χ0n) is 10.6. The minimum Gasteiger partial charge on any atom is -0.478 e. The van der Waals surface area contributed by atoms with Crippen LogP contribution in [-0.2, 0) is 0 Å². The molecule has 0 amide bonds. The second-order valence-corrected chi connectivity index (χ2v) is 4.78. The first-order chi connectivity index (χ1) is 7.91. The SMILES string of the molecule is Cc1cc2cc(C)n(C(C)C)c2cc1C(=O)O. The first-order valence-electron chi connectivity index (χ1n) is 5.77. The fourth-order valence-electron chi connectivity index (χ4n) is 2.44. The van der Waals surface area contributed by atoms with Gasteiger partial charge in [-0.05, 0) is 51.5 Å². The van der Waals surface area contributed by atoms with Crippen LogP contribution in [-0.4, -0.2) is 15.6 Å². The summed E-state index contributed by atoms with van der Waals surface area (Å²) < 4.78 is 2.17. The molecular weight excluding hydrogens is 214 g/mol. The highest BCUT2D eigenvalue weighted by molar-refractivity contribution is 5.95. The molecule has 1 N–H and O–H groups in total. The van der Waals surface area contributed by atoms with E-state index in [0.29, 0.717) is 11.6 Å². The van der Waals surface area contributed by atoms with E-state index in [1.54, 1.807) is 6.07 Å². The van der Waals surface area contributed by atoms with Gasteiger partial charge >= 0.3 is 5.97 Å².